The molecule has 0 spiro atoms. The molecule has 1 aromatic heterocycles. The van der Waals surface area contributed by atoms with Crippen molar-refractivity contribution in [2.24, 2.45) is 0 Å². The van der Waals surface area contributed by atoms with E-state index >= 15 is 0 Å². The van der Waals surface area contributed by atoms with Gasteiger partial charge in [-0.2, -0.15) is 13.2 Å². The van der Waals surface area contributed by atoms with Gasteiger partial charge in [-0.1, -0.05) is 41.0 Å². The number of halogens is 5. The van der Waals surface area contributed by atoms with Crippen molar-refractivity contribution in [3.8, 4) is 5.75 Å². The van der Waals surface area contributed by atoms with E-state index in [9.17, 15) is 30.8 Å². The Balaban J connectivity index is 1.55. The van der Waals surface area contributed by atoms with E-state index in [-0.39, 0.29) is 47.2 Å². The van der Waals surface area contributed by atoms with Crippen LogP contribution >= 0.6 is 11.6 Å². The number of hydrogen-bond donors (Lipinski definition) is 1. The third-order valence-corrected chi connectivity index (χ3v) is 8.68. The molecular weight excluding hydrogens is 602 g/mol. The lowest BCUT2D eigenvalue weighted by Gasteiger charge is -2.35. The first-order valence-electron chi connectivity index (χ1n) is 12.5. The van der Waals surface area contributed by atoms with Gasteiger partial charge in [-0.25, -0.2) is 17.6 Å². The minimum Gasteiger partial charge on any atom is -0.486 e. The van der Waals surface area contributed by atoms with E-state index < -0.39 is 44.3 Å². The van der Waals surface area contributed by atoms with E-state index in [0.717, 1.165) is 22.5 Å². The Kier molecular flexibility index (Phi) is 7.90. The number of fused-ring (bicyclic) bond motifs is 1. The lowest BCUT2D eigenvalue weighted by atomic mass is 10.0. The molecule has 14 heteroatoms. The molecule has 0 saturated heterocycles. The van der Waals surface area contributed by atoms with Crippen LogP contribution < -0.4 is 14.8 Å². The second kappa shape index (κ2) is 11.3. The molecule has 0 amide bonds. The molecular formula is C28H22ClF4N3O5S. The molecule has 3 aromatic carbocycles. The number of hydrogen-bond acceptors (Lipinski definition) is 6. The number of nitrogens with one attached hydrogen (secondary N) is 1. The number of ether oxygens (including phenoxy) is 1. The highest BCUT2D eigenvalue weighted by atomic mass is 35.5. The summed E-state index contributed by atoms with van der Waals surface area (Å²) >= 11 is 6.19. The minimum atomic E-state index is -4.75. The summed E-state index contributed by atoms with van der Waals surface area (Å²) < 4.78 is 94.0. The molecule has 8 nitrogen and oxygen atoms in total. The van der Waals surface area contributed by atoms with E-state index in [4.69, 9.17) is 16.3 Å². The van der Waals surface area contributed by atoms with Gasteiger partial charge in [0.15, 0.2) is 5.82 Å². The van der Waals surface area contributed by atoms with Crippen molar-refractivity contribution >= 4 is 39.0 Å². The highest BCUT2D eigenvalue weighted by molar-refractivity contribution is 7.92. The van der Waals surface area contributed by atoms with Crippen molar-refractivity contribution in [2.75, 3.05) is 10.8 Å². The van der Waals surface area contributed by atoms with Crippen LogP contribution in [-0.4, -0.2) is 31.2 Å². The molecule has 0 radical (unpaired) electrons. The number of H-pyrrole nitrogens is 1. The fraction of sp³-hybridized carbons (Fsp3) is 0.214. The zero-order valence-electron chi connectivity index (χ0n) is 21.8. The highest BCUT2D eigenvalue weighted by Gasteiger charge is 2.37. The van der Waals surface area contributed by atoms with Crippen molar-refractivity contribution in [3.63, 3.8) is 0 Å². The first-order chi connectivity index (χ1) is 19.8. The number of aryl methyl sites for hydroxylation is 1. The van der Waals surface area contributed by atoms with Gasteiger partial charge in [0.1, 0.15) is 17.7 Å². The first kappa shape index (κ1) is 29.4. The molecule has 2 heterocycles. The van der Waals surface area contributed by atoms with E-state index in [2.05, 4.69) is 14.7 Å². The lowest BCUT2D eigenvalue weighted by molar-refractivity contribution is -0.137. The molecule has 5 rings (SSSR count). The molecule has 0 unspecified atom stereocenters. The fourth-order valence-electron chi connectivity index (χ4n) is 4.62. The van der Waals surface area contributed by atoms with Crippen molar-refractivity contribution < 1.29 is 35.2 Å². The Bertz CT molecular complexity index is 1820. The monoisotopic (exact) mass is 623 g/mol. The number of aromatic amines is 1. The molecule has 0 bridgehead atoms. The molecule has 1 atom stereocenters. The van der Waals surface area contributed by atoms with Crippen LogP contribution in [0.4, 0.5) is 23.2 Å². The molecule has 1 aliphatic rings. The second-order valence-electron chi connectivity index (χ2n) is 9.53. The van der Waals surface area contributed by atoms with Crippen LogP contribution in [0.1, 0.15) is 35.9 Å². The third kappa shape index (κ3) is 6.07. The number of rotatable bonds is 7. The number of alkyl halides is 3. The normalized spacial score (nSPS) is 15.8. The number of nitrogens with zero attached hydrogens (tertiary/aromatic N) is 2. The summed E-state index contributed by atoms with van der Waals surface area (Å²) in [4.78, 5) is 13.1. The van der Waals surface area contributed by atoms with Gasteiger partial charge < -0.3 is 4.74 Å². The first-order valence-corrected chi connectivity index (χ1v) is 14.3. The molecule has 0 fully saturated rings. The molecule has 0 aliphatic carbocycles. The van der Waals surface area contributed by atoms with Crippen molar-refractivity contribution in [2.45, 2.75) is 36.9 Å². The van der Waals surface area contributed by atoms with Crippen LogP contribution in [-0.2, 0) is 22.6 Å². The summed E-state index contributed by atoms with van der Waals surface area (Å²) in [6.45, 7) is 1.39. The van der Waals surface area contributed by atoms with E-state index in [1.807, 2.05) is 0 Å². The quantitative estimate of drug-likeness (QED) is 0.191. The van der Waals surface area contributed by atoms with Gasteiger partial charge in [-0.05, 0) is 66.9 Å². The van der Waals surface area contributed by atoms with Crippen molar-refractivity contribution in [1.29, 1.82) is 0 Å². The average Bonchev–Trinajstić information content (AvgIpc) is 3.36. The average molecular weight is 624 g/mol. The molecule has 4 aromatic rings. The van der Waals surface area contributed by atoms with Crippen LogP contribution in [0.5, 0.6) is 5.75 Å². The van der Waals surface area contributed by atoms with Crippen LogP contribution in [0.25, 0.3) is 11.6 Å². The van der Waals surface area contributed by atoms with Gasteiger partial charge in [-0.15, -0.1) is 0 Å². The Morgan fingerprint density at radius 3 is 2.62 bits per heavy atom. The molecule has 42 heavy (non-hydrogen) atoms. The highest BCUT2D eigenvalue weighted by Crippen LogP contribution is 2.40. The van der Waals surface area contributed by atoms with Gasteiger partial charge in [0, 0.05) is 12.0 Å². The van der Waals surface area contributed by atoms with Crippen LogP contribution in [0, 0.1) is 5.82 Å². The van der Waals surface area contributed by atoms with Gasteiger partial charge >= 0.3 is 11.9 Å². The summed E-state index contributed by atoms with van der Waals surface area (Å²) in [7, 11) is -4.52. The Morgan fingerprint density at radius 1 is 1.17 bits per heavy atom. The zero-order chi connectivity index (χ0) is 30.2. The molecule has 1 N–H and O–H groups in total. The third-order valence-electron chi connectivity index (χ3n) is 6.59. The summed E-state index contributed by atoms with van der Waals surface area (Å²) in [6, 6.07) is 12.4. The van der Waals surface area contributed by atoms with Crippen LogP contribution in [0.15, 0.2) is 74.9 Å². The smallest absolute Gasteiger partial charge is 0.438 e. The van der Waals surface area contributed by atoms with Gasteiger partial charge in [-0.3, -0.25) is 13.8 Å². The molecule has 0 saturated carbocycles. The van der Waals surface area contributed by atoms with E-state index in [1.165, 1.54) is 30.3 Å². The zero-order valence-corrected chi connectivity index (χ0v) is 23.4. The maximum absolute atomic E-state index is 14.5. The van der Waals surface area contributed by atoms with Crippen molar-refractivity contribution in [1.82, 2.24) is 10.1 Å². The Hall–Kier alpha value is -4.10. The number of aromatic nitrogens is 2. The minimum absolute atomic E-state index is 0.0830. The molecule has 1 aliphatic heterocycles. The van der Waals surface area contributed by atoms with E-state index in [0.29, 0.717) is 17.2 Å². The maximum Gasteiger partial charge on any atom is 0.438 e. The lowest BCUT2D eigenvalue weighted by Crippen LogP contribution is -2.43. The number of allylic oxidation sites excluding steroid dienone is 1. The number of benzene rings is 3. The van der Waals surface area contributed by atoms with Crippen LogP contribution in [0.2, 0.25) is 5.02 Å². The largest absolute Gasteiger partial charge is 0.486 e. The number of sulfonamides is 1. The predicted octanol–water partition coefficient (Wildman–Crippen LogP) is 6.32. The summed E-state index contributed by atoms with van der Waals surface area (Å²) in [6.07, 6.45) is -3.53. The molecule has 220 valence electrons. The SMILES string of the molecule is C/C(=C\c1ccc2c(c1)N(S(=O)(=O)c1cccc(C(F)(F)F)c1)C[C@H](CCc1noc(=O)[nH]1)O2)c1c(F)cccc1Cl. The maximum atomic E-state index is 14.5. The van der Waals surface area contributed by atoms with Gasteiger partial charge in [0.05, 0.1) is 27.7 Å². The second-order valence-corrected chi connectivity index (χ2v) is 11.8. The number of anilines is 1. The Morgan fingerprint density at radius 2 is 1.93 bits per heavy atom. The summed E-state index contributed by atoms with van der Waals surface area (Å²) in [5.41, 5.74) is 0.0727. The summed E-state index contributed by atoms with van der Waals surface area (Å²) in [5.74, 6) is -0.901. The van der Waals surface area contributed by atoms with Gasteiger partial charge in [0.25, 0.3) is 10.0 Å². The standard InChI is InChI=1S/C28H22ClF4N3O5S/c1-16(26-21(29)6-3-7-22(26)30)12-17-8-10-24-23(13-17)36(15-19(40-24)9-11-25-34-27(37)41-35-25)42(38,39)20-5-2-4-18(14-20)28(31,32)33/h2-8,10,12-14,19H,9,11,15H2,1H3,(H,34,35,37)/b16-12+/t19-/m0/s1. The fourth-order valence-corrected chi connectivity index (χ4v) is 6.48. The van der Waals surface area contributed by atoms with E-state index in [1.54, 1.807) is 19.1 Å². The summed E-state index contributed by atoms with van der Waals surface area (Å²) in [5, 5.41) is 3.78. The predicted molar refractivity (Wildman–Crippen MR) is 147 cm³/mol. The van der Waals surface area contributed by atoms with Gasteiger partial charge in [0.2, 0.25) is 0 Å². The topological polar surface area (TPSA) is 106 Å². The van der Waals surface area contributed by atoms with Crippen molar-refractivity contribution in [3.05, 3.63) is 105 Å². The Labute approximate surface area is 242 Å². The van der Waals surface area contributed by atoms with Crippen LogP contribution in [0.3, 0.4) is 0 Å².